The smallest absolute Gasteiger partial charge is 0.222 e. The van der Waals surface area contributed by atoms with Crippen molar-refractivity contribution in [3.63, 3.8) is 0 Å². The molecule has 0 radical (unpaired) electrons. The van der Waals surface area contributed by atoms with Crippen molar-refractivity contribution in [3.8, 4) is 0 Å². The van der Waals surface area contributed by atoms with E-state index < -0.39 is 0 Å². The van der Waals surface area contributed by atoms with Gasteiger partial charge in [0.1, 0.15) is 0 Å². The van der Waals surface area contributed by atoms with Crippen LogP contribution in [0.4, 0.5) is 5.69 Å². The van der Waals surface area contributed by atoms with Crippen LogP contribution < -0.4 is 4.90 Å². The van der Waals surface area contributed by atoms with E-state index >= 15 is 0 Å². The number of anilines is 1. The van der Waals surface area contributed by atoms with Gasteiger partial charge in [0.2, 0.25) is 5.91 Å². The van der Waals surface area contributed by atoms with Gasteiger partial charge >= 0.3 is 0 Å². The summed E-state index contributed by atoms with van der Waals surface area (Å²) in [5.74, 6) is 0.355. The zero-order valence-electron chi connectivity index (χ0n) is 13.7. The van der Waals surface area contributed by atoms with Gasteiger partial charge in [-0.2, -0.15) is 0 Å². The summed E-state index contributed by atoms with van der Waals surface area (Å²) in [4.78, 5) is 21.2. The lowest BCUT2D eigenvalue weighted by molar-refractivity contribution is -0.130. The van der Waals surface area contributed by atoms with Crippen LogP contribution in [0.25, 0.3) is 10.9 Å². The van der Waals surface area contributed by atoms with Gasteiger partial charge < -0.3 is 9.80 Å². The highest BCUT2D eigenvalue weighted by molar-refractivity contribution is 5.92. The van der Waals surface area contributed by atoms with E-state index in [4.69, 9.17) is 0 Å². The maximum absolute atomic E-state index is 11.9. The Bertz CT molecular complexity index is 734. The molecule has 2 aliphatic rings. The highest BCUT2D eigenvalue weighted by atomic mass is 16.2. The van der Waals surface area contributed by atoms with E-state index in [0.29, 0.717) is 11.9 Å². The average molecular weight is 309 g/mol. The van der Waals surface area contributed by atoms with Crippen molar-refractivity contribution in [2.75, 3.05) is 24.5 Å². The predicted molar refractivity (Wildman–Crippen MR) is 92.7 cm³/mol. The highest BCUT2D eigenvalue weighted by Crippen LogP contribution is 2.30. The second kappa shape index (κ2) is 5.84. The van der Waals surface area contributed by atoms with Gasteiger partial charge in [-0.1, -0.05) is 18.2 Å². The molecule has 2 aliphatic heterocycles. The fourth-order valence-corrected chi connectivity index (χ4v) is 4.02. The van der Waals surface area contributed by atoms with Crippen LogP contribution >= 0.6 is 0 Å². The molecule has 0 bridgehead atoms. The van der Waals surface area contributed by atoms with Crippen LogP contribution in [0.5, 0.6) is 0 Å². The number of hydrogen-bond donors (Lipinski definition) is 0. The molecule has 120 valence electrons. The lowest BCUT2D eigenvalue weighted by Gasteiger charge is -2.38. The van der Waals surface area contributed by atoms with Crippen LogP contribution in [0, 0.1) is 6.92 Å². The van der Waals surface area contributed by atoms with E-state index in [-0.39, 0.29) is 0 Å². The number of aryl methyl sites for hydroxylation is 1. The summed E-state index contributed by atoms with van der Waals surface area (Å²) >= 11 is 0. The number of amides is 1. The monoisotopic (exact) mass is 309 g/mol. The summed E-state index contributed by atoms with van der Waals surface area (Å²) in [6.07, 6.45) is 3.92. The number of nitrogens with zero attached hydrogens (tertiary/aromatic N) is 3. The van der Waals surface area contributed by atoms with Gasteiger partial charge in [0.25, 0.3) is 0 Å². The van der Waals surface area contributed by atoms with Gasteiger partial charge in [0.15, 0.2) is 0 Å². The summed E-state index contributed by atoms with van der Waals surface area (Å²) in [6, 6.07) is 11.0. The summed E-state index contributed by atoms with van der Waals surface area (Å²) in [6.45, 7) is 5.05. The van der Waals surface area contributed by atoms with Gasteiger partial charge in [-0.25, -0.2) is 0 Å². The molecule has 2 fully saturated rings. The SMILES string of the molecule is Cc1cc(N2CCC(N3CCCC3=O)CC2)c2ccccc2n1. The zero-order chi connectivity index (χ0) is 15.8. The lowest BCUT2D eigenvalue weighted by Crippen LogP contribution is -2.45. The van der Waals surface area contributed by atoms with Crippen molar-refractivity contribution >= 4 is 22.5 Å². The second-order valence-electron chi connectivity index (χ2n) is 6.71. The number of carbonyl (C=O) groups is 1. The first-order chi connectivity index (χ1) is 11.2. The summed E-state index contributed by atoms with van der Waals surface area (Å²) < 4.78 is 0. The fourth-order valence-electron chi connectivity index (χ4n) is 4.02. The molecule has 2 saturated heterocycles. The number of carbonyl (C=O) groups excluding carboxylic acids is 1. The Morgan fingerprint density at radius 2 is 1.91 bits per heavy atom. The topological polar surface area (TPSA) is 36.4 Å². The van der Waals surface area contributed by atoms with Crippen LogP contribution in [0.15, 0.2) is 30.3 Å². The Morgan fingerprint density at radius 1 is 1.13 bits per heavy atom. The molecule has 0 aliphatic carbocycles. The molecule has 4 rings (SSSR count). The molecule has 0 atom stereocenters. The summed E-state index contributed by atoms with van der Waals surface area (Å²) in [7, 11) is 0. The van der Waals surface area contributed by atoms with E-state index in [9.17, 15) is 4.79 Å². The molecular formula is C19H23N3O. The first kappa shape index (κ1) is 14.5. The highest BCUT2D eigenvalue weighted by Gasteiger charge is 2.31. The number of rotatable bonds is 2. The molecule has 4 nitrogen and oxygen atoms in total. The minimum atomic E-state index is 0.355. The Kier molecular flexibility index (Phi) is 3.68. The molecule has 0 spiro atoms. The lowest BCUT2D eigenvalue weighted by atomic mass is 10.0. The number of fused-ring (bicyclic) bond motifs is 1. The Labute approximate surface area is 137 Å². The minimum Gasteiger partial charge on any atom is -0.371 e. The quantitative estimate of drug-likeness (QED) is 0.855. The maximum Gasteiger partial charge on any atom is 0.222 e. The number of aromatic nitrogens is 1. The molecule has 23 heavy (non-hydrogen) atoms. The van der Waals surface area contributed by atoms with Crippen LogP contribution in [0.1, 0.15) is 31.4 Å². The standard InChI is InChI=1S/C19H23N3O/c1-14-13-18(16-5-2-3-6-17(16)20-14)21-11-8-15(9-12-21)22-10-4-7-19(22)23/h2-3,5-6,13,15H,4,7-12H2,1H3. The summed E-state index contributed by atoms with van der Waals surface area (Å²) in [5.41, 5.74) is 3.43. The minimum absolute atomic E-state index is 0.355. The van der Waals surface area contributed by atoms with Crippen molar-refractivity contribution in [3.05, 3.63) is 36.0 Å². The van der Waals surface area contributed by atoms with E-state index in [1.807, 2.05) is 6.07 Å². The van der Waals surface area contributed by atoms with Gasteiger partial charge in [0.05, 0.1) is 5.52 Å². The zero-order valence-corrected chi connectivity index (χ0v) is 13.7. The van der Waals surface area contributed by atoms with E-state index in [1.54, 1.807) is 0 Å². The maximum atomic E-state index is 11.9. The Morgan fingerprint density at radius 3 is 2.65 bits per heavy atom. The van der Waals surface area contributed by atoms with Crippen LogP contribution in [-0.2, 0) is 4.79 Å². The molecule has 3 heterocycles. The Hall–Kier alpha value is -2.10. The van der Waals surface area contributed by atoms with Crippen LogP contribution in [0.3, 0.4) is 0 Å². The van der Waals surface area contributed by atoms with E-state index in [2.05, 4.69) is 46.0 Å². The second-order valence-corrected chi connectivity index (χ2v) is 6.71. The molecule has 2 aromatic rings. The molecule has 1 aromatic heterocycles. The number of benzene rings is 1. The molecule has 0 unspecified atom stereocenters. The molecule has 1 amide bonds. The van der Waals surface area contributed by atoms with Gasteiger partial charge in [-0.3, -0.25) is 9.78 Å². The number of piperidine rings is 1. The van der Waals surface area contributed by atoms with Crippen molar-refractivity contribution in [1.82, 2.24) is 9.88 Å². The number of likely N-dealkylation sites (tertiary alicyclic amines) is 1. The third-order valence-electron chi connectivity index (χ3n) is 5.18. The third-order valence-corrected chi connectivity index (χ3v) is 5.18. The average Bonchev–Trinajstić information content (AvgIpc) is 3.00. The molecule has 0 N–H and O–H groups in total. The number of pyridine rings is 1. The third kappa shape index (κ3) is 2.67. The van der Waals surface area contributed by atoms with Gasteiger partial charge in [-0.05, 0) is 38.3 Å². The van der Waals surface area contributed by atoms with Crippen molar-refractivity contribution in [2.24, 2.45) is 0 Å². The molecule has 0 saturated carbocycles. The first-order valence-corrected chi connectivity index (χ1v) is 8.63. The molecule has 1 aromatic carbocycles. The van der Waals surface area contributed by atoms with Crippen LogP contribution in [-0.4, -0.2) is 41.5 Å². The van der Waals surface area contributed by atoms with Crippen molar-refractivity contribution in [1.29, 1.82) is 0 Å². The van der Waals surface area contributed by atoms with E-state index in [1.165, 1.54) is 11.1 Å². The van der Waals surface area contributed by atoms with Gasteiger partial charge in [0, 0.05) is 48.9 Å². The Balaban J connectivity index is 1.56. The number of para-hydroxylation sites is 1. The number of hydrogen-bond acceptors (Lipinski definition) is 3. The van der Waals surface area contributed by atoms with Gasteiger partial charge in [-0.15, -0.1) is 0 Å². The molecular weight excluding hydrogens is 286 g/mol. The predicted octanol–water partition coefficient (Wildman–Crippen LogP) is 3.13. The van der Waals surface area contributed by atoms with Crippen molar-refractivity contribution in [2.45, 2.75) is 38.6 Å². The normalized spacial score (nSPS) is 19.8. The van der Waals surface area contributed by atoms with Crippen LogP contribution in [0.2, 0.25) is 0 Å². The molecule has 4 heteroatoms. The largest absolute Gasteiger partial charge is 0.371 e. The first-order valence-electron chi connectivity index (χ1n) is 8.63. The fraction of sp³-hybridized carbons (Fsp3) is 0.474. The summed E-state index contributed by atoms with van der Waals surface area (Å²) in [5, 5.41) is 1.23. The van der Waals surface area contributed by atoms with E-state index in [0.717, 1.165) is 56.5 Å². The van der Waals surface area contributed by atoms with Crippen molar-refractivity contribution < 1.29 is 4.79 Å².